The molecule has 1 aromatic carbocycles. The molecule has 0 spiro atoms. The third kappa shape index (κ3) is 1.87. The monoisotopic (exact) mass is 230 g/mol. The molecule has 82 valence electrons. The van der Waals surface area contributed by atoms with Crippen LogP contribution in [0.15, 0.2) is 46.6 Å². The Labute approximate surface area is 99.9 Å². The van der Waals surface area contributed by atoms with E-state index in [-0.39, 0.29) is 0 Å². The Hall–Kier alpha value is -1.22. The lowest BCUT2D eigenvalue weighted by Crippen LogP contribution is -2.32. The molecular formula is C13H14N2S. The van der Waals surface area contributed by atoms with E-state index in [9.17, 15) is 0 Å². The van der Waals surface area contributed by atoms with Crippen LogP contribution in [0.1, 0.15) is 12.0 Å². The van der Waals surface area contributed by atoms with E-state index in [0.29, 0.717) is 0 Å². The van der Waals surface area contributed by atoms with E-state index < -0.39 is 0 Å². The third-order valence-corrected chi connectivity index (χ3v) is 3.95. The summed E-state index contributed by atoms with van der Waals surface area (Å²) in [6, 6.07) is 10.4. The molecule has 2 aliphatic heterocycles. The zero-order valence-corrected chi connectivity index (χ0v) is 9.89. The number of benzene rings is 1. The lowest BCUT2D eigenvalue weighted by molar-refractivity contribution is 0.887. The molecule has 0 saturated carbocycles. The largest absolute Gasteiger partial charge is 0.343 e. The molecule has 3 heteroatoms. The predicted molar refractivity (Wildman–Crippen MR) is 69.9 cm³/mol. The second-order valence-corrected chi connectivity index (χ2v) is 5.15. The molecule has 0 bridgehead atoms. The normalized spacial score (nSPS) is 19.9. The maximum Gasteiger partial charge on any atom is 0.132 e. The molecule has 1 N–H and O–H groups in total. The standard InChI is InChI=1S/C13H14N2S/c1-2-4-10(5-3-1)13-14-8-11-6-7-16-9-12(11)15-13/h1-5H,6-9H2,(H,14,15). The van der Waals surface area contributed by atoms with Gasteiger partial charge >= 0.3 is 0 Å². The number of hydrogen-bond acceptors (Lipinski definition) is 3. The topological polar surface area (TPSA) is 24.4 Å². The third-order valence-electron chi connectivity index (χ3n) is 2.97. The summed E-state index contributed by atoms with van der Waals surface area (Å²) in [7, 11) is 0. The Bertz CT molecular complexity index is 448. The molecule has 0 fully saturated rings. The molecule has 0 radical (unpaired) electrons. The van der Waals surface area contributed by atoms with Crippen molar-refractivity contribution in [3.63, 3.8) is 0 Å². The highest BCUT2D eigenvalue weighted by Gasteiger charge is 2.18. The maximum absolute atomic E-state index is 4.62. The van der Waals surface area contributed by atoms with Crippen LogP contribution >= 0.6 is 11.8 Å². The van der Waals surface area contributed by atoms with Crippen molar-refractivity contribution in [2.24, 2.45) is 4.99 Å². The SMILES string of the molecule is c1ccc(C2=NCC3=C(CSCC3)N2)cc1. The van der Waals surface area contributed by atoms with E-state index in [4.69, 9.17) is 0 Å². The van der Waals surface area contributed by atoms with Crippen LogP contribution in [0.5, 0.6) is 0 Å². The number of amidine groups is 1. The first-order chi connectivity index (χ1) is 7.93. The number of nitrogens with one attached hydrogen (secondary N) is 1. The summed E-state index contributed by atoms with van der Waals surface area (Å²) >= 11 is 2.00. The average Bonchev–Trinajstić information content (AvgIpc) is 2.39. The van der Waals surface area contributed by atoms with Crippen molar-refractivity contribution < 1.29 is 0 Å². The second kappa shape index (κ2) is 4.34. The van der Waals surface area contributed by atoms with Crippen LogP contribution in [-0.4, -0.2) is 23.9 Å². The Morgan fingerprint density at radius 3 is 2.94 bits per heavy atom. The summed E-state index contributed by atoms with van der Waals surface area (Å²) in [5.41, 5.74) is 4.08. The number of rotatable bonds is 1. The Morgan fingerprint density at radius 1 is 1.19 bits per heavy atom. The van der Waals surface area contributed by atoms with Crippen molar-refractivity contribution in [1.82, 2.24) is 5.32 Å². The van der Waals surface area contributed by atoms with Crippen molar-refractivity contribution >= 4 is 17.6 Å². The maximum atomic E-state index is 4.62. The van der Waals surface area contributed by atoms with E-state index in [1.807, 2.05) is 17.8 Å². The molecule has 0 atom stereocenters. The zero-order valence-electron chi connectivity index (χ0n) is 9.07. The predicted octanol–water partition coefficient (Wildman–Crippen LogP) is 2.43. The van der Waals surface area contributed by atoms with Crippen molar-refractivity contribution in [2.75, 3.05) is 18.1 Å². The van der Waals surface area contributed by atoms with Gasteiger partial charge in [-0.3, -0.25) is 4.99 Å². The molecule has 2 nitrogen and oxygen atoms in total. The van der Waals surface area contributed by atoms with Crippen molar-refractivity contribution in [2.45, 2.75) is 6.42 Å². The molecule has 0 amide bonds. The van der Waals surface area contributed by atoms with E-state index in [1.165, 1.54) is 29.0 Å². The smallest absolute Gasteiger partial charge is 0.132 e. The van der Waals surface area contributed by atoms with E-state index in [0.717, 1.165) is 18.1 Å². The lowest BCUT2D eigenvalue weighted by Gasteiger charge is -2.25. The van der Waals surface area contributed by atoms with Gasteiger partial charge < -0.3 is 5.32 Å². The van der Waals surface area contributed by atoms with Crippen LogP contribution in [0.25, 0.3) is 0 Å². The van der Waals surface area contributed by atoms with Gasteiger partial charge in [-0.15, -0.1) is 0 Å². The summed E-state index contributed by atoms with van der Waals surface area (Å²) < 4.78 is 0. The molecule has 16 heavy (non-hydrogen) atoms. The van der Waals surface area contributed by atoms with Crippen LogP contribution in [0.2, 0.25) is 0 Å². The molecular weight excluding hydrogens is 216 g/mol. The Kier molecular flexibility index (Phi) is 2.70. The number of nitrogens with zero attached hydrogens (tertiary/aromatic N) is 1. The van der Waals surface area contributed by atoms with Gasteiger partial charge in [0, 0.05) is 17.0 Å². The average molecular weight is 230 g/mol. The molecule has 0 unspecified atom stereocenters. The first-order valence-electron chi connectivity index (χ1n) is 5.59. The van der Waals surface area contributed by atoms with Gasteiger partial charge in [-0.1, -0.05) is 30.3 Å². The first-order valence-corrected chi connectivity index (χ1v) is 6.74. The van der Waals surface area contributed by atoms with E-state index in [1.54, 1.807) is 0 Å². The van der Waals surface area contributed by atoms with Gasteiger partial charge in [0.25, 0.3) is 0 Å². The highest BCUT2D eigenvalue weighted by atomic mass is 32.2. The minimum absolute atomic E-state index is 0.882. The fourth-order valence-corrected chi connectivity index (χ4v) is 3.05. The minimum Gasteiger partial charge on any atom is -0.343 e. The van der Waals surface area contributed by atoms with Crippen molar-refractivity contribution in [3.05, 3.63) is 47.2 Å². The van der Waals surface area contributed by atoms with Gasteiger partial charge in [-0.2, -0.15) is 11.8 Å². The van der Waals surface area contributed by atoms with Crippen LogP contribution < -0.4 is 5.32 Å². The van der Waals surface area contributed by atoms with Gasteiger partial charge in [0.05, 0.1) is 6.54 Å². The van der Waals surface area contributed by atoms with Crippen LogP contribution in [0, 0.1) is 0 Å². The molecule has 1 aromatic rings. The molecule has 0 aliphatic carbocycles. The second-order valence-electron chi connectivity index (χ2n) is 4.04. The molecule has 2 heterocycles. The molecule has 0 saturated heterocycles. The first kappa shape index (κ1) is 9.97. The minimum atomic E-state index is 0.882. The highest BCUT2D eigenvalue weighted by molar-refractivity contribution is 7.99. The van der Waals surface area contributed by atoms with Gasteiger partial charge in [0.1, 0.15) is 5.84 Å². The Morgan fingerprint density at radius 2 is 2.06 bits per heavy atom. The Balaban J connectivity index is 1.84. The lowest BCUT2D eigenvalue weighted by atomic mass is 10.1. The summed E-state index contributed by atoms with van der Waals surface area (Å²) in [6.07, 6.45) is 1.19. The summed E-state index contributed by atoms with van der Waals surface area (Å²) in [5, 5.41) is 3.48. The highest BCUT2D eigenvalue weighted by Crippen LogP contribution is 2.24. The van der Waals surface area contributed by atoms with Gasteiger partial charge in [-0.25, -0.2) is 0 Å². The van der Waals surface area contributed by atoms with Crippen molar-refractivity contribution in [3.8, 4) is 0 Å². The molecule has 0 aromatic heterocycles. The van der Waals surface area contributed by atoms with Crippen LogP contribution in [0.3, 0.4) is 0 Å². The van der Waals surface area contributed by atoms with Crippen LogP contribution in [0.4, 0.5) is 0 Å². The summed E-state index contributed by atoms with van der Waals surface area (Å²) in [5.74, 6) is 3.39. The van der Waals surface area contributed by atoms with E-state index >= 15 is 0 Å². The molecule has 2 aliphatic rings. The number of hydrogen-bond donors (Lipinski definition) is 1. The van der Waals surface area contributed by atoms with Crippen LogP contribution in [-0.2, 0) is 0 Å². The number of aliphatic imine (C=N–C) groups is 1. The van der Waals surface area contributed by atoms with Gasteiger partial charge in [-0.05, 0) is 17.7 Å². The van der Waals surface area contributed by atoms with Gasteiger partial charge in [0.2, 0.25) is 0 Å². The van der Waals surface area contributed by atoms with E-state index in [2.05, 4.69) is 34.6 Å². The van der Waals surface area contributed by atoms with Gasteiger partial charge in [0.15, 0.2) is 0 Å². The molecule has 3 rings (SSSR count). The zero-order chi connectivity index (χ0) is 10.8. The quantitative estimate of drug-likeness (QED) is 0.801. The van der Waals surface area contributed by atoms with Crippen molar-refractivity contribution in [1.29, 1.82) is 0 Å². The number of thioether (sulfide) groups is 1. The summed E-state index contributed by atoms with van der Waals surface area (Å²) in [4.78, 5) is 4.62. The fourth-order valence-electron chi connectivity index (χ4n) is 2.04. The summed E-state index contributed by atoms with van der Waals surface area (Å²) in [6.45, 7) is 0.882. The fraction of sp³-hybridized carbons (Fsp3) is 0.308.